The van der Waals surface area contributed by atoms with Gasteiger partial charge in [0.1, 0.15) is 5.65 Å². The van der Waals surface area contributed by atoms with Gasteiger partial charge in [-0.15, -0.1) is 0 Å². The van der Waals surface area contributed by atoms with Gasteiger partial charge in [-0.25, -0.2) is 4.98 Å². The van der Waals surface area contributed by atoms with Crippen molar-refractivity contribution < 1.29 is 4.79 Å². The number of allylic oxidation sites excluding steroid dienone is 4. The molecule has 5 nitrogen and oxygen atoms in total. The number of aromatic nitrogens is 2. The molecule has 0 amide bonds. The van der Waals surface area contributed by atoms with Gasteiger partial charge in [-0.3, -0.25) is 19.0 Å². The lowest BCUT2D eigenvalue weighted by Crippen LogP contribution is -2.15. The first-order chi connectivity index (χ1) is 12.1. The molecule has 4 rings (SSSR count). The molecule has 0 aliphatic carbocycles. The van der Waals surface area contributed by atoms with Gasteiger partial charge < -0.3 is 0 Å². The Labute approximate surface area is 143 Å². The fourth-order valence-electron chi connectivity index (χ4n) is 2.89. The number of rotatable bonds is 0. The maximum atomic E-state index is 12.8. The van der Waals surface area contributed by atoms with E-state index in [1.165, 1.54) is 4.40 Å². The van der Waals surface area contributed by atoms with Gasteiger partial charge in [0, 0.05) is 23.9 Å². The normalized spacial score (nSPS) is 15.9. The zero-order valence-corrected chi connectivity index (χ0v) is 13.6. The van der Waals surface area contributed by atoms with E-state index in [1.807, 2.05) is 37.3 Å². The molecule has 0 N–H and O–H groups in total. The van der Waals surface area contributed by atoms with Crippen LogP contribution in [-0.2, 0) is 0 Å². The van der Waals surface area contributed by atoms with Crippen LogP contribution >= 0.6 is 0 Å². The minimum atomic E-state index is -0.170. The molecule has 122 valence electrons. The SMILES string of the molecule is CC1=Nc2cc3c(=O)n4ccccc4nc3cc2C(=O)C/C=C/C=C1. The van der Waals surface area contributed by atoms with Crippen molar-refractivity contribution in [3.63, 3.8) is 0 Å². The van der Waals surface area contributed by atoms with Crippen molar-refractivity contribution in [2.75, 3.05) is 0 Å². The van der Waals surface area contributed by atoms with Crippen LogP contribution in [0.5, 0.6) is 0 Å². The third-order valence-electron chi connectivity index (χ3n) is 4.12. The number of ketones is 1. The molecule has 0 saturated carbocycles. The molecule has 1 aromatic carbocycles. The van der Waals surface area contributed by atoms with Crippen LogP contribution in [-0.4, -0.2) is 20.9 Å². The van der Waals surface area contributed by atoms with Gasteiger partial charge in [0.2, 0.25) is 0 Å². The molecule has 0 unspecified atom stereocenters. The van der Waals surface area contributed by atoms with Crippen molar-refractivity contribution in [1.29, 1.82) is 0 Å². The molecule has 0 fully saturated rings. The minimum absolute atomic E-state index is 0.0462. The third kappa shape index (κ3) is 2.70. The highest BCUT2D eigenvalue weighted by Crippen LogP contribution is 2.26. The average molecular weight is 329 g/mol. The molecule has 0 saturated heterocycles. The molecule has 3 aromatic rings. The molecule has 2 aromatic heterocycles. The number of benzene rings is 1. The molecule has 0 bridgehead atoms. The number of carbonyl (C=O) groups is 1. The van der Waals surface area contributed by atoms with Crippen LogP contribution in [0.3, 0.4) is 0 Å². The van der Waals surface area contributed by atoms with Gasteiger partial charge >= 0.3 is 0 Å². The maximum Gasteiger partial charge on any atom is 0.265 e. The van der Waals surface area contributed by atoms with Crippen molar-refractivity contribution in [3.05, 3.63) is 76.8 Å². The lowest BCUT2D eigenvalue weighted by atomic mass is 10.0. The molecule has 25 heavy (non-hydrogen) atoms. The zero-order chi connectivity index (χ0) is 17.4. The van der Waals surface area contributed by atoms with Crippen LogP contribution in [0.1, 0.15) is 23.7 Å². The summed E-state index contributed by atoms with van der Waals surface area (Å²) in [6, 6.07) is 8.72. The molecule has 0 spiro atoms. The van der Waals surface area contributed by atoms with Gasteiger partial charge in [0.25, 0.3) is 5.56 Å². The van der Waals surface area contributed by atoms with Crippen LogP contribution in [0.15, 0.2) is 70.6 Å². The number of carbonyl (C=O) groups excluding carboxylic acids is 1. The van der Waals surface area contributed by atoms with Crippen LogP contribution in [0, 0.1) is 0 Å². The summed E-state index contributed by atoms with van der Waals surface area (Å²) >= 11 is 0. The lowest BCUT2D eigenvalue weighted by molar-refractivity contribution is 0.0996. The van der Waals surface area contributed by atoms with Gasteiger partial charge in [-0.05, 0) is 37.3 Å². The first-order valence-corrected chi connectivity index (χ1v) is 8.00. The van der Waals surface area contributed by atoms with Crippen LogP contribution < -0.4 is 5.56 Å². The maximum absolute atomic E-state index is 12.8. The minimum Gasteiger partial charge on any atom is -0.294 e. The highest BCUT2D eigenvalue weighted by atomic mass is 16.1. The van der Waals surface area contributed by atoms with E-state index in [2.05, 4.69) is 9.98 Å². The topological polar surface area (TPSA) is 63.8 Å². The number of hydrogen-bond acceptors (Lipinski definition) is 4. The summed E-state index contributed by atoms with van der Waals surface area (Å²) in [5.74, 6) is -0.0462. The van der Waals surface area contributed by atoms with Gasteiger partial charge in [-0.1, -0.05) is 24.3 Å². The number of fused-ring (bicyclic) bond motifs is 3. The second-order valence-electron chi connectivity index (χ2n) is 5.90. The molecule has 1 aliphatic rings. The Morgan fingerprint density at radius 2 is 2.00 bits per heavy atom. The smallest absolute Gasteiger partial charge is 0.265 e. The average Bonchev–Trinajstić information content (AvgIpc) is 2.61. The van der Waals surface area contributed by atoms with Crippen LogP contribution in [0.4, 0.5) is 5.69 Å². The molecule has 3 heterocycles. The summed E-state index contributed by atoms with van der Waals surface area (Å²) in [7, 11) is 0. The van der Waals surface area contributed by atoms with Gasteiger partial charge in [0.05, 0.1) is 16.6 Å². The summed E-state index contributed by atoms with van der Waals surface area (Å²) in [6.45, 7) is 1.86. The van der Waals surface area contributed by atoms with E-state index in [0.717, 1.165) is 5.71 Å². The second kappa shape index (κ2) is 5.94. The Morgan fingerprint density at radius 1 is 1.12 bits per heavy atom. The first-order valence-electron chi connectivity index (χ1n) is 8.00. The van der Waals surface area contributed by atoms with Crippen molar-refractivity contribution in [1.82, 2.24) is 9.38 Å². The number of aliphatic imine (C=N–C) groups is 1. The zero-order valence-electron chi connectivity index (χ0n) is 13.6. The molecular formula is C20H15N3O2. The van der Waals surface area contributed by atoms with Crippen molar-refractivity contribution >= 4 is 33.7 Å². The highest BCUT2D eigenvalue weighted by Gasteiger charge is 2.15. The Bertz CT molecular complexity index is 1170. The highest BCUT2D eigenvalue weighted by molar-refractivity contribution is 6.07. The summed E-state index contributed by atoms with van der Waals surface area (Å²) in [6.07, 6.45) is 9.33. The van der Waals surface area contributed by atoms with E-state index < -0.39 is 0 Å². The Morgan fingerprint density at radius 3 is 2.88 bits per heavy atom. The largest absolute Gasteiger partial charge is 0.294 e. The molecular weight excluding hydrogens is 314 g/mol. The van der Waals surface area contributed by atoms with E-state index >= 15 is 0 Å². The summed E-state index contributed by atoms with van der Waals surface area (Å²) in [4.78, 5) is 34.4. The number of hydrogen-bond donors (Lipinski definition) is 0. The standard InChI is InChI=1S/C20H15N3O2/c1-13-7-3-2-4-8-18(24)14-11-17-15(12-16(14)21-13)20(25)23-10-6-5-9-19(23)22-17/h2-7,9-12H,8H2,1H3/b4-2+,7-3?,21-13?. The van der Waals surface area contributed by atoms with Gasteiger partial charge in [-0.2, -0.15) is 0 Å². The fraction of sp³-hybridized carbons (Fsp3) is 0.100. The predicted molar refractivity (Wildman–Crippen MR) is 99.0 cm³/mol. The van der Waals surface area contributed by atoms with Crippen molar-refractivity contribution in [3.8, 4) is 0 Å². The van der Waals surface area contributed by atoms with Crippen LogP contribution in [0.25, 0.3) is 16.6 Å². The van der Waals surface area contributed by atoms with E-state index in [0.29, 0.717) is 27.8 Å². The summed E-state index contributed by atoms with van der Waals surface area (Å²) in [5, 5.41) is 0.448. The molecule has 0 radical (unpaired) electrons. The molecule has 5 heteroatoms. The molecule has 1 aliphatic heterocycles. The van der Waals surface area contributed by atoms with Gasteiger partial charge in [0.15, 0.2) is 5.78 Å². The Balaban J connectivity index is 2.08. The monoisotopic (exact) mass is 329 g/mol. The summed E-state index contributed by atoms with van der Waals surface area (Å²) < 4.78 is 1.50. The number of pyridine rings is 1. The predicted octanol–water partition coefficient (Wildman–Crippen LogP) is 3.64. The quantitative estimate of drug-likeness (QED) is 0.592. The van der Waals surface area contributed by atoms with Crippen LogP contribution in [0.2, 0.25) is 0 Å². The van der Waals surface area contributed by atoms with E-state index in [-0.39, 0.29) is 17.8 Å². The molecule has 0 atom stereocenters. The Hall–Kier alpha value is -3.34. The van der Waals surface area contributed by atoms with Crippen molar-refractivity contribution in [2.24, 2.45) is 4.99 Å². The van der Waals surface area contributed by atoms with E-state index in [4.69, 9.17) is 0 Å². The second-order valence-corrected chi connectivity index (χ2v) is 5.90. The number of Topliss-reactive ketones (excluding diaryl/α,β-unsaturated/α-hetero) is 1. The van der Waals surface area contributed by atoms with E-state index in [9.17, 15) is 9.59 Å². The number of nitrogens with zero attached hydrogens (tertiary/aromatic N) is 3. The Kier molecular flexibility index (Phi) is 3.61. The van der Waals surface area contributed by atoms with Crippen molar-refractivity contribution in [2.45, 2.75) is 13.3 Å². The summed E-state index contributed by atoms with van der Waals surface area (Å²) in [5.41, 5.74) is 2.64. The first kappa shape index (κ1) is 15.2. The third-order valence-corrected chi connectivity index (χ3v) is 4.12. The fourth-order valence-corrected chi connectivity index (χ4v) is 2.89. The lowest BCUT2D eigenvalue weighted by Gasteiger charge is -2.09. The van der Waals surface area contributed by atoms with E-state index in [1.54, 1.807) is 30.5 Å².